The molecule has 1 aromatic rings. The third kappa shape index (κ3) is 4.43. The Bertz CT molecular complexity index is 532. The smallest absolute Gasteiger partial charge is 0.228 e. The Kier molecular flexibility index (Phi) is 5.96. The molecule has 1 aliphatic heterocycles. The van der Waals surface area contributed by atoms with Crippen molar-refractivity contribution in [3.8, 4) is 0 Å². The first-order chi connectivity index (χ1) is 11.0. The zero-order valence-corrected chi connectivity index (χ0v) is 14.2. The molecule has 1 aliphatic rings. The first-order valence-electron chi connectivity index (χ1n) is 8.32. The van der Waals surface area contributed by atoms with Crippen LogP contribution < -0.4 is 10.2 Å². The molecule has 0 bridgehead atoms. The molecule has 1 saturated heterocycles. The third-order valence-electron chi connectivity index (χ3n) is 4.45. The van der Waals surface area contributed by atoms with Crippen LogP contribution in [-0.4, -0.2) is 47.9 Å². The average molecular weight is 318 g/mol. The number of hydrogen-bond donors (Lipinski definition) is 1. The summed E-state index contributed by atoms with van der Waals surface area (Å²) in [4.78, 5) is 31.8. The predicted molar refractivity (Wildman–Crippen MR) is 91.4 cm³/mol. The van der Waals surface area contributed by atoms with Crippen molar-refractivity contribution < 1.29 is 9.59 Å². The molecule has 0 spiro atoms. The molecule has 0 saturated carbocycles. The van der Waals surface area contributed by atoms with Crippen LogP contribution in [0.4, 0.5) is 11.5 Å². The van der Waals surface area contributed by atoms with Gasteiger partial charge < -0.3 is 15.1 Å². The number of carbonyl (C=O) groups is 2. The van der Waals surface area contributed by atoms with Crippen LogP contribution in [0, 0.1) is 5.92 Å². The van der Waals surface area contributed by atoms with Crippen molar-refractivity contribution >= 4 is 23.3 Å². The van der Waals surface area contributed by atoms with E-state index in [0.717, 1.165) is 44.7 Å². The largest absolute Gasteiger partial charge is 0.367 e. The zero-order valence-electron chi connectivity index (χ0n) is 14.2. The van der Waals surface area contributed by atoms with Gasteiger partial charge in [-0.2, -0.15) is 0 Å². The van der Waals surface area contributed by atoms with Gasteiger partial charge in [0.05, 0.1) is 11.9 Å². The summed E-state index contributed by atoms with van der Waals surface area (Å²) in [5.74, 6) is 0.789. The van der Waals surface area contributed by atoms with Crippen LogP contribution in [0.15, 0.2) is 18.3 Å². The minimum absolute atomic E-state index is 0.0327. The van der Waals surface area contributed by atoms with E-state index < -0.39 is 0 Å². The molecule has 2 heterocycles. The Hall–Kier alpha value is -2.11. The van der Waals surface area contributed by atoms with Crippen LogP contribution in [0.2, 0.25) is 0 Å². The lowest BCUT2D eigenvalue weighted by Gasteiger charge is -2.35. The number of amides is 2. The first kappa shape index (κ1) is 17.2. The number of hydrogen-bond acceptors (Lipinski definition) is 4. The van der Waals surface area contributed by atoms with Gasteiger partial charge in [-0.3, -0.25) is 9.59 Å². The molecular weight excluding hydrogens is 292 g/mol. The van der Waals surface area contributed by atoms with Crippen LogP contribution in [-0.2, 0) is 9.59 Å². The Morgan fingerprint density at radius 2 is 1.83 bits per heavy atom. The van der Waals surface area contributed by atoms with E-state index in [1.165, 1.54) is 0 Å². The zero-order chi connectivity index (χ0) is 16.8. The molecule has 0 unspecified atom stereocenters. The number of nitrogens with one attached hydrogen (secondary N) is 1. The van der Waals surface area contributed by atoms with Gasteiger partial charge in [0.2, 0.25) is 11.8 Å². The summed E-state index contributed by atoms with van der Waals surface area (Å²) < 4.78 is 0. The number of aromatic nitrogens is 1. The molecule has 0 atom stereocenters. The molecule has 1 N–H and O–H groups in total. The molecule has 1 fully saturated rings. The molecular formula is C17H26N4O2. The number of piperazine rings is 1. The Morgan fingerprint density at radius 3 is 2.30 bits per heavy atom. The first-order valence-corrected chi connectivity index (χ1v) is 8.32. The van der Waals surface area contributed by atoms with Crippen molar-refractivity contribution in [2.24, 2.45) is 5.92 Å². The summed E-state index contributed by atoms with van der Waals surface area (Å²) in [6, 6.07) is 3.81. The Morgan fingerprint density at radius 1 is 1.17 bits per heavy atom. The van der Waals surface area contributed by atoms with E-state index in [9.17, 15) is 9.59 Å². The molecule has 2 amide bonds. The van der Waals surface area contributed by atoms with Gasteiger partial charge >= 0.3 is 0 Å². The summed E-state index contributed by atoms with van der Waals surface area (Å²) in [5, 5.41) is 2.87. The fraction of sp³-hybridized carbons (Fsp3) is 0.588. The summed E-state index contributed by atoms with van der Waals surface area (Å²) in [5.41, 5.74) is 1.02. The number of pyridine rings is 1. The van der Waals surface area contributed by atoms with Gasteiger partial charge in [-0.1, -0.05) is 13.8 Å². The van der Waals surface area contributed by atoms with E-state index in [1.807, 2.05) is 30.9 Å². The van der Waals surface area contributed by atoms with E-state index in [4.69, 9.17) is 0 Å². The minimum atomic E-state index is 0.0327. The highest BCUT2D eigenvalue weighted by atomic mass is 16.2. The SMILES string of the molecule is CCC(CC)C(=O)Nc1ccc(N2CCN(C(C)=O)CC2)cn1. The highest BCUT2D eigenvalue weighted by Gasteiger charge is 2.19. The number of rotatable bonds is 5. The second kappa shape index (κ2) is 7.94. The Balaban J connectivity index is 1.92. The molecule has 0 aliphatic carbocycles. The van der Waals surface area contributed by atoms with Crippen molar-refractivity contribution in [2.45, 2.75) is 33.6 Å². The minimum Gasteiger partial charge on any atom is -0.367 e. The topological polar surface area (TPSA) is 65.5 Å². The lowest BCUT2D eigenvalue weighted by Crippen LogP contribution is -2.48. The number of anilines is 2. The second-order valence-electron chi connectivity index (χ2n) is 5.90. The maximum atomic E-state index is 12.1. The van der Waals surface area contributed by atoms with Gasteiger partial charge in [-0.15, -0.1) is 0 Å². The summed E-state index contributed by atoms with van der Waals surface area (Å²) in [6.45, 7) is 8.73. The monoisotopic (exact) mass is 318 g/mol. The van der Waals surface area contributed by atoms with Gasteiger partial charge in [0.15, 0.2) is 0 Å². The quantitative estimate of drug-likeness (QED) is 0.903. The molecule has 2 rings (SSSR count). The number of carbonyl (C=O) groups excluding carboxylic acids is 2. The maximum Gasteiger partial charge on any atom is 0.228 e. The lowest BCUT2D eigenvalue weighted by molar-refractivity contribution is -0.129. The van der Waals surface area contributed by atoms with Crippen molar-refractivity contribution in [3.05, 3.63) is 18.3 Å². The van der Waals surface area contributed by atoms with Crippen molar-refractivity contribution in [2.75, 3.05) is 36.4 Å². The van der Waals surface area contributed by atoms with Crippen LogP contribution in [0.3, 0.4) is 0 Å². The molecule has 1 aromatic heterocycles. The molecule has 6 nitrogen and oxygen atoms in total. The predicted octanol–water partition coefficient (Wildman–Crippen LogP) is 2.12. The summed E-state index contributed by atoms with van der Waals surface area (Å²) in [6.07, 6.45) is 3.45. The molecule has 0 aromatic carbocycles. The number of nitrogens with zero attached hydrogens (tertiary/aromatic N) is 3. The molecule has 23 heavy (non-hydrogen) atoms. The third-order valence-corrected chi connectivity index (χ3v) is 4.45. The standard InChI is InChI=1S/C17H26N4O2/c1-4-14(5-2)17(23)19-16-7-6-15(12-18-16)21-10-8-20(9-11-21)13(3)22/h6-7,12,14H,4-5,8-11H2,1-3H3,(H,18,19,23). The molecule has 0 radical (unpaired) electrons. The highest BCUT2D eigenvalue weighted by molar-refractivity contribution is 5.91. The summed E-state index contributed by atoms with van der Waals surface area (Å²) >= 11 is 0. The van der Waals surface area contributed by atoms with Crippen LogP contribution >= 0.6 is 0 Å². The fourth-order valence-corrected chi connectivity index (χ4v) is 2.81. The second-order valence-corrected chi connectivity index (χ2v) is 5.90. The average Bonchev–Trinajstić information content (AvgIpc) is 2.57. The fourth-order valence-electron chi connectivity index (χ4n) is 2.81. The normalized spacial score (nSPS) is 15.0. The van der Waals surface area contributed by atoms with E-state index in [0.29, 0.717) is 5.82 Å². The molecule has 126 valence electrons. The van der Waals surface area contributed by atoms with Gasteiger partial charge in [0, 0.05) is 39.0 Å². The maximum absolute atomic E-state index is 12.1. The van der Waals surface area contributed by atoms with Crippen LogP contribution in [0.5, 0.6) is 0 Å². The van der Waals surface area contributed by atoms with Crippen molar-refractivity contribution in [1.29, 1.82) is 0 Å². The van der Waals surface area contributed by atoms with E-state index in [-0.39, 0.29) is 17.7 Å². The van der Waals surface area contributed by atoms with Gasteiger partial charge in [-0.05, 0) is 25.0 Å². The Labute approximate surface area is 137 Å². The van der Waals surface area contributed by atoms with Crippen molar-refractivity contribution in [1.82, 2.24) is 9.88 Å². The van der Waals surface area contributed by atoms with Gasteiger partial charge in [0.1, 0.15) is 5.82 Å². The van der Waals surface area contributed by atoms with Crippen molar-refractivity contribution in [3.63, 3.8) is 0 Å². The van der Waals surface area contributed by atoms with E-state index in [1.54, 1.807) is 13.1 Å². The van der Waals surface area contributed by atoms with Gasteiger partial charge in [-0.25, -0.2) is 4.98 Å². The van der Waals surface area contributed by atoms with Gasteiger partial charge in [0.25, 0.3) is 0 Å². The van der Waals surface area contributed by atoms with Crippen LogP contribution in [0.1, 0.15) is 33.6 Å². The van der Waals surface area contributed by atoms with E-state index in [2.05, 4.69) is 15.2 Å². The molecule has 6 heteroatoms. The highest BCUT2D eigenvalue weighted by Crippen LogP contribution is 2.18. The van der Waals surface area contributed by atoms with E-state index >= 15 is 0 Å². The summed E-state index contributed by atoms with van der Waals surface area (Å²) in [7, 11) is 0. The lowest BCUT2D eigenvalue weighted by atomic mass is 10.0. The van der Waals surface area contributed by atoms with Crippen LogP contribution in [0.25, 0.3) is 0 Å².